The van der Waals surface area contributed by atoms with Gasteiger partial charge in [-0.05, 0) is 25.0 Å². The summed E-state index contributed by atoms with van der Waals surface area (Å²) in [5, 5.41) is 13.2. The highest BCUT2D eigenvalue weighted by Crippen LogP contribution is 2.36. The van der Waals surface area contributed by atoms with Gasteiger partial charge in [0.15, 0.2) is 0 Å². The van der Waals surface area contributed by atoms with Crippen LogP contribution in [0.1, 0.15) is 49.3 Å². The lowest BCUT2D eigenvalue weighted by Gasteiger charge is -2.23. The van der Waals surface area contributed by atoms with Gasteiger partial charge in [0.05, 0.1) is 11.4 Å². The predicted octanol–water partition coefficient (Wildman–Crippen LogP) is 5.81. The molecule has 4 rings (SSSR count). The van der Waals surface area contributed by atoms with Gasteiger partial charge in [0.2, 0.25) is 5.95 Å². The van der Waals surface area contributed by atoms with Crippen molar-refractivity contribution in [3.63, 3.8) is 0 Å². The second-order valence-electron chi connectivity index (χ2n) is 6.96. The fraction of sp³-hybridized carbons (Fsp3) is 0.261. The largest absolute Gasteiger partial charge is 0.324 e. The third-order valence-electron chi connectivity index (χ3n) is 5.12. The Bertz CT molecular complexity index is 939. The van der Waals surface area contributed by atoms with Crippen molar-refractivity contribution >= 4 is 11.6 Å². The van der Waals surface area contributed by atoms with Gasteiger partial charge in [-0.3, -0.25) is 0 Å². The van der Waals surface area contributed by atoms with Gasteiger partial charge in [0.1, 0.15) is 11.6 Å². The molecule has 1 heterocycles. The molecule has 0 radical (unpaired) electrons. The molecule has 0 aliphatic heterocycles. The zero-order chi connectivity index (χ0) is 18.5. The lowest BCUT2D eigenvalue weighted by atomic mass is 9.84. The highest BCUT2D eigenvalue weighted by Gasteiger charge is 2.24. The molecule has 1 aliphatic rings. The lowest BCUT2D eigenvalue weighted by molar-refractivity contribution is 0.436. The van der Waals surface area contributed by atoms with Crippen LogP contribution in [0.2, 0.25) is 0 Å². The van der Waals surface area contributed by atoms with Gasteiger partial charge >= 0.3 is 0 Å². The van der Waals surface area contributed by atoms with E-state index in [1.165, 1.54) is 19.3 Å². The molecule has 0 spiro atoms. The first kappa shape index (κ1) is 17.2. The summed E-state index contributed by atoms with van der Waals surface area (Å²) in [5.41, 5.74) is 4.11. The molecule has 1 aromatic heterocycles. The molecule has 3 aromatic rings. The number of nitriles is 1. The molecule has 1 aliphatic carbocycles. The molecule has 4 heteroatoms. The second-order valence-corrected chi connectivity index (χ2v) is 6.96. The van der Waals surface area contributed by atoms with E-state index in [0.29, 0.717) is 23.1 Å². The van der Waals surface area contributed by atoms with Crippen LogP contribution in [0.5, 0.6) is 0 Å². The Labute approximate surface area is 159 Å². The summed E-state index contributed by atoms with van der Waals surface area (Å²) in [6.45, 7) is 0. The number of hydrogen-bond donors (Lipinski definition) is 1. The van der Waals surface area contributed by atoms with Gasteiger partial charge in [0, 0.05) is 17.2 Å². The Morgan fingerprint density at radius 2 is 1.52 bits per heavy atom. The van der Waals surface area contributed by atoms with Crippen LogP contribution in [0.15, 0.2) is 60.7 Å². The standard InChI is InChI=1S/C23H22N4/c24-16-20-21(17-10-4-1-5-11-17)26-23(25-19-14-8-3-9-15-19)27-22(20)18-12-6-2-7-13-18/h1,3-5,8-11,14-15,18H,2,6-7,12-13H2,(H,25,26,27). The van der Waals surface area contributed by atoms with Crippen LogP contribution in [-0.2, 0) is 0 Å². The summed E-state index contributed by atoms with van der Waals surface area (Å²) in [6, 6.07) is 22.2. The van der Waals surface area contributed by atoms with Gasteiger partial charge in [-0.1, -0.05) is 67.8 Å². The number of benzene rings is 2. The van der Waals surface area contributed by atoms with Crippen molar-refractivity contribution in [1.29, 1.82) is 5.26 Å². The van der Waals surface area contributed by atoms with E-state index in [9.17, 15) is 5.26 Å². The van der Waals surface area contributed by atoms with Crippen LogP contribution in [-0.4, -0.2) is 9.97 Å². The number of aromatic nitrogens is 2. The Morgan fingerprint density at radius 3 is 2.19 bits per heavy atom. The maximum Gasteiger partial charge on any atom is 0.228 e. The third-order valence-corrected chi connectivity index (χ3v) is 5.12. The summed E-state index contributed by atoms with van der Waals surface area (Å²) in [7, 11) is 0. The van der Waals surface area contributed by atoms with Crippen LogP contribution in [0.4, 0.5) is 11.6 Å². The maximum absolute atomic E-state index is 9.92. The number of para-hydroxylation sites is 1. The first-order valence-corrected chi connectivity index (χ1v) is 9.54. The zero-order valence-electron chi connectivity index (χ0n) is 15.2. The molecule has 1 saturated carbocycles. The average Bonchev–Trinajstić information content (AvgIpc) is 2.75. The van der Waals surface area contributed by atoms with Crippen LogP contribution in [0.25, 0.3) is 11.3 Å². The van der Waals surface area contributed by atoms with Gasteiger partial charge in [0.25, 0.3) is 0 Å². The van der Waals surface area contributed by atoms with Crippen LogP contribution < -0.4 is 5.32 Å². The van der Waals surface area contributed by atoms with Gasteiger partial charge < -0.3 is 5.32 Å². The van der Waals surface area contributed by atoms with Crippen LogP contribution >= 0.6 is 0 Å². The van der Waals surface area contributed by atoms with Crippen molar-refractivity contribution in [3.05, 3.63) is 71.9 Å². The van der Waals surface area contributed by atoms with Crippen molar-refractivity contribution in [2.24, 2.45) is 0 Å². The Kier molecular flexibility index (Phi) is 5.11. The molecule has 0 amide bonds. The molecule has 27 heavy (non-hydrogen) atoms. The van der Waals surface area contributed by atoms with Crippen molar-refractivity contribution in [1.82, 2.24) is 9.97 Å². The highest BCUT2D eigenvalue weighted by atomic mass is 15.1. The number of nitrogens with zero attached hydrogens (tertiary/aromatic N) is 3. The Hall–Kier alpha value is -3.19. The van der Waals surface area contributed by atoms with E-state index >= 15 is 0 Å². The number of rotatable bonds is 4. The van der Waals surface area contributed by atoms with E-state index in [0.717, 1.165) is 29.8 Å². The first-order valence-electron chi connectivity index (χ1n) is 9.54. The minimum atomic E-state index is 0.329. The molecule has 0 unspecified atom stereocenters. The average molecular weight is 354 g/mol. The molecule has 0 bridgehead atoms. The Balaban J connectivity index is 1.83. The molecule has 1 N–H and O–H groups in total. The van der Waals surface area contributed by atoms with Gasteiger partial charge in [-0.25, -0.2) is 9.97 Å². The number of nitrogens with one attached hydrogen (secondary N) is 1. The quantitative estimate of drug-likeness (QED) is 0.642. The third kappa shape index (κ3) is 3.83. The van der Waals surface area contributed by atoms with Crippen molar-refractivity contribution in [2.45, 2.75) is 38.0 Å². The van der Waals surface area contributed by atoms with Crippen LogP contribution in [0, 0.1) is 11.3 Å². The summed E-state index contributed by atoms with van der Waals surface area (Å²) >= 11 is 0. The van der Waals surface area contributed by atoms with E-state index in [2.05, 4.69) is 11.4 Å². The normalized spacial score (nSPS) is 14.5. The summed E-state index contributed by atoms with van der Waals surface area (Å²) in [6.07, 6.45) is 5.84. The van der Waals surface area contributed by atoms with Gasteiger partial charge in [-0.15, -0.1) is 0 Å². The SMILES string of the molecule is N#Cc1c(-c2ccccc2)nc(Nc2ccccc2)nc1C1CCCCC1. The first-order chi connectivity index (χ1) is 13.3. The second kappa shape index (κ2) is 8.01. The maximum atomic E-state index is 9.92. The van der Waals surface area contributed by atoms with Crippen molar-refractivity contribution < 1.29 is 0 Å². The molecule has 0 atom stereocenters. The molecular formula is C23H22N4. The Morgan fingerprint density at radius 1 is 0.852 bits per heavy atom. The smallest absolute Gasteiger partial charge is 0.228 e. The van der Waals surface area contributed by atoms with Crippen LogP contribution in [0.3, 0.4) is 0 Å². The van der Waals surface area contributed by atoms with E-state index in [1.807, 2.05) is 60.7 Å². The molecule has 2 aromatic carbocycles. The lowest BCUT2D eigenvalue weighted by Crippen LogP contribution is -2.12. The van der Waals surface area contributed by atoms with Crippen molar-refractivity contribution in [3.8, 4) is 17.3 Å². The molecule has 0 saturated heterocycles. The fourth-order valence-electron chi connectivity index (χ4n) is 3.77. The summed E-state index contributed by atoms with van der Waals surface area (Å²) in [4.78, 5) is 9.52. The molecular weight excluding hydrogens is 332 g/mol. The summed E-state index contributed by atoms with van der Waals surface area (Å²) < 4.78 is 0. The highest BCUT2D eigenvalue weighted by molar-refractivity contribution is 5.70. The van der Waals surface area contributed by atoms with Crippen molar-refractivity contribution in [2.75, 3.05) is 5.32 Å². The molecule has 134 valence electrons. The van der Waals surface area contributed by atoms with Gasteiger partial charge in [-0.2, -0.15) is 5.26 Å². The molecule has 1 fully saturated rings. The topological polar surface area (TPSA) is 61.6 Å². The minimum absolute atomic E-state index is 0.329. The number of anilines is 2. The molecule has 4 nitrogen and oxygen atoms in total. The summed E-state index contributed by atoms with van der Waals surface area (Å²) in [5.74, 6) is 0.884. The monoisotopic (exact) mass is 354 g/mol. The van der Waals surface area contributed by atoms with E-state index in [1.54, 1.807) is 0 Å². The fourth-order valence-corrected chi connectivity index (χ4v) is 3.77. The predicted molar refractivity (Wildman–Crippen MR) is 108 cm³/mol. The minimum Gasteiger partial charge on any atom is -0.324 e. The number of hydrogen-bond acceptors (Lipinski definition) is 4. The van der Waals surface area contributed by atoms with E-state index in [-0.39, 0.29) is 0 Å². The van der Waals surface area contributed by atoms with E-state index < -0.39 is 0 Å². The van der Waals surface area contributed by atoms with E-state index in [4.69, 9.17) is 9.97 Å². The zero-order valence-corrected chi connectivity index (χ0v) is 15.2.